The number of allylic oxidation sites excluding steroid dienone is 1. The third-order valence-corrected chi connectivity index (χ3v) is 16.5. The fraction of sp³-hybridized carbons (Fsp3) is 0.639. The normalized spacial score (nSPS) is 19.4. The maximum Gasteiger partial charge on any atom is 0.412 e. The highest BCUT2D eigenvalue weighted by Crippen LogP contribution is 2.31. The van der Waals surface area contributed by atoms with Crippen molar-refractivity contribution in [1.82, 2.24) is 36.0 Å². The predicted octanol–water partition coefficient (Wildman–Crippen LogP) is 6.33. The van der Waals surface area contributed by atoms with Gasteiger partial charge in [-0.1, -0.05) is 126 Å². The van der Waals surface area contributed by atoms with Crippen molar-refractivity contribution in [2.24, 2.45) is 29.4 Å². The smallest absolute Gasteiger partial charge is 0.412 e. The van der Waals surface area contributed by atoms with Gasteiger partial charge in [0.25, 0.3) is 0 Å². The van der Waals surface area contributed by atoms with Crippen LogP contribution in [0.5, 0.6) is 5.75 Å². The van der Waals surface area contributed by atoms with E-state index in [0.717, 1.165) is 24.2 Å². The number of anilines is 1. The summed E-state index contributed by atoms with van der Waals surface area (Å²) in [6, 6.07) is 8.91. The summed E-state index contributed by atoms with van der Waals surface area (Å²) < 4.78 is 23.5. The molecule has 2 aromatic rings. The highest BCUT2D eigenvalue weighted by atomic mass is 79.9. The van der Waals surface area contributed by atoms with Crippen molar-refractivity contribution >= 4 is 69.2 Å². The van der Waals surface area contributed by atoms with E-state index in [-0.39, 0.29) is 72.4 Å². The molecule has 12 atom stereocenters. The maximum absolute atomic E-state index is 14.8. The molecule has 0 radical (unpaired) electrons. The molecular formula is C61H94BrN9O13. The standard InChI is InChI=1S/C61H94BrN9O13/c1-13-38(6)54(48(81-11)33-51(74)71-31-21-26-46(71)56(82-12)39(7)57(76)65-40(8)55(75)42-22-17-16-18-23-42)69(9)59(78)52(36(2)3)68-58(77)53(37(4)5)70(10)61(80)83-35-41-27-28-47(45(32-41)66-49(72)29-30-64-50(73)34-62)84-60(79)67-44-25-20-15-14-19-24-43(44)63/h16-19,22-24,27-28,32,36-40,43-44,46,48,52-56,75H,13-15,20-21,25-26,29-31,33-35,63H2,1-12H3,(H,64,73)(H,65,76)(H,66,72)(H,67,79)(H,68,77)/t38-,39+,40+,43-,44?,46-,48+,52-,53-,54-,55+,56+/m0/s1. The van der Waals surface area contributed by atoms with Crippen LogP contribution in [0.1, 0.15) is 130 Å². The number of hydrogen-bond donors (Lipinski definition) is 7. The summed E-state index contributed by atoms with van der Waals surface area (Å²) in [5, 5.41) is 25.1. The summed E-state index contributed by atoms with van der Waals surface area (Å²) in [7, 11) is 6.08. The number of hydrogen-bond acceptors (Lipinski definition) is 14. The van der Waals surface area contributed by atoms with Crippen LogP contribution in [0.15, 0.2) is 60.7 Å². The number of aliphatic hydroxyl groups excluding tert-OH is 1. The molecule has 22 nitrogen and oxygen atoms in total. The van der Waals surface area contributed by atoms with Crippen molar-refractivity contribution in [2.75, 3.05) is 52.1 Å². The molecule has 1 fully saturated rings. The molecule has 84 heavy (non-hydrogen) atoms. The number of amides is 8. The Hall–Kier alpha value is -6.14. The van der Waals surface area contributed by atoms with E-state index in [9.17, 15) is 43.5 Å². The number of rotatable bonds is 29. The van der Waals surface area contributed by atoms with E-state index in [1.54, 1.807) is 76.6 Å². The maximum atomic E-state index is 14.8. The lowest BCUT2D eigenvalue weighted by molar-refractivity contribution is -0.148. The van der Waals surface area contributed by atoms with E-state index in [1.807, 2.05) is 44.2 Å². The lowest BCUT2D eigenvalue weighted by Crippen LogP contribution is -2.60. The second-order valence-corrected chi connectivity index (χ2v) is 23.4. The third-order valence-electron chi connectivity index (χ3n) is 16.0. The largest absolute Gasteiger partial charge is 0.445 e. The first kappa shape index (κ1) is 70.3. The first-order valence-electron chi connectivity index (χ1n) is 29.4. The van der Waals surface area contributed by atoms with Gasteiger partial charge in [0.1, 0.15) is 18.7 Å². The number of methoxy groups -OCH3 is 2. The predicted molar refractivity (Wildman–Crippen MR) is 323 cm³/mol. The molecule has 0 spiro atoms. The minimum Gasteiger partial charge on any atom is -0.445 e. The van der Waals surface area contributed by atoms with Crippen molar-refractivity contribution in [3.8, 4) is 5.75 Å². The molecule has 0 aromatic heterocycles. The third kappa shape index (κ3) is 20.3. The molecule has 0 saturated carbocycles. The van der Waals surface area contributed by atoms with Crippen LogP contribution < -0.4 is 37.1 Å². The van der Waals surface area contributed by atoms with Crippen molar-refractivity contribution in [1.29, 1.82) is 0 Å². The molecule has 2 aliphatic rings. The molecule has 1 aliphatic carbocycles. The van der Waals surface area contributed by atoms with Crippen LogP contribution in [0.2, 0.25) is 0 Å². The van der Waals surface area contributed by atoms with Gasteiger partial charge in [-0.25, -0.2) is 9.59 Å². The summed E-state index contributed by atoms with van der Waals surface area (Å²) in [4.78, 5) is 114. The molecule has 4 rings (SSSR count). The van der Waals surface area contributed by atoms with E-state index in [2.05, 4.69) is 42.5 Å². The summed E-state index contributed by atoms with van der Waals surface area (Å²) in [6.45, 7) is 14.7. The lowest BCUT2D eigenvalue weighted by Gasteiger charge is -2.41. The van der Waals surface area contributed by atoms with Gasteiger partial charge in [0.15, 0.2) is 5.75 Å². The summed E-state index contributed by atoms with van der Waals surface area (Å²) >= 11 is 3.07. The minimum atomic E-state index is -1.11. The highest BCUT2D eigenvalue weighted by molar-refractivity contribution is 9.09. The molecule has 0 bridgehead atoms. The van der Waals surface area contributed by atoms with Gasteiger partial charge in [-0.3, -0.25) is 33.7 Å². The number of carbonyl (C=O) groups is 8. The van der Waals surface area contributed by atoms with Gasteiger partial charge >= 0.3 is 12.2 Å². The summed E-state index contributed by atoms with van der Waals surface area (Å²) in [5.41, 5.74) is 7.48. The quantitative estimate of drug-likeness (QED) is 0.0346. The Kier molecular flexibility index (Phi) is 29.1. The summed E-state index contributed by atoms with van der Waals surface area (Å²) in [5.74, 6) is -4.12. The van der Waals surface area contributed by atoms with Gasteiger partial charge in [-0.15, -0.1) is 0 Å². The van der Waals surface area contributed by atoms with Crippen LogP contribution in [0.25, 0.3) is 0 Å². The van der Waals surface area contributed by atoms with Crippen molar-refractivity contribution in [3.05, 3.63) is 71.8 Å². The molecule has 468 valence electrons. The fourth-order valence-electron chi connectivity index (χ4n) is 11.0. The number of nitrogens with two attached hydrogens (primary N) is 1. The second-order valence-electron chi connectivity index (χ2n) is 22.9. The lowest BCUT2D eigenvalue weighted by atomic mass is 9.89. The number of nitrogens with zero attached hydrogens (tertiary/aromatic N) is 3. The summed E-state index contributed by atoms with van der Waals surface area (Å²) in [6.07, 6.45) is 4.89. The van der Waals surface area contributed by atoms with Gasteiger partial charge in [-0.05, 0) is 80.0 Å². The molecule has 1 saturated heterocycles. The van der Waals surface area contributed by atoms with E-state index < -0.39 is 102 Å². The zero-order valence-corrected chi connectivity index (χ0v) is 52.8. The molecule has 1 heterocycles. The van der Waals surface area contributed by atoms with Crippen molar-refractivity contribution in [3.63, 3.8) is 0 Å². The SMILES string of the molecule is CC[C@H](C)[C@@H]([C@@H](CC(=O)N1CCC[C@H]1[C@H](OC)[C@@H](C)C(=O)N[C@H](C)[C@@H](O)c1ccccc1)OC)N(C)C(=O)[C@@H](NC(=O)[C@H](C(C)C)N(C)C(=O)OCc1ccc(OC(=O)NC2CCCCC=C[C@@H]2N)c(NC(=O)CCNC(=O)CBr)c1)C(C)C. The van der Waals surface area contributed by atoms with Gasteiger partial charge in [0, 0.05) is 53.9 Å². The van der Waals surface area contributed by atoms with E-state index in [1.165, 1.54) is 33.4 Å². The molecule has 8 amide bonds. The van der Waals surface area contributed by atoms with Crippen LogP contribution in [0.4, 0.5) is 15.3 Å². The number of likely N-dealkylation sites (N-methyl/N-ethyl adjacent to an activating group) is 2. The van der Waals surface area contributed by atoms with Crippen LogP contribution in [0, 0.1) is 23.7 Å². The fourth-order valence-corrected chi connectivity index (χ4v) is 11.2. The Balaban J connectivity index is 1.46. The zero-order chi connectivity index (χ0) is 62.4. The molecular weight excluding hydrogens is 1150 g/mol. The highest BCUT2D eigenvalue weighted by Gasteiger charge is 2.44. The van der Waals surface area contributed by atoms with Crippen LogP contribution >= 0.6 is 15.9 Å². The molecule has 1 unspecified atom stereocenters. The number of ether oxygens (including phenoxy) is 4. The number of benzene rings is 2. The molecule has 23 heteroatoms. The molecule has 2 aromatic carbocycles. The number of alkyl halides is 1. The Labute approximate surface area is 504 Å². The second kappa shape index (κ2) is 34.7. The van der Waals surface area contributed by atoms with Crippen molar-refractivity contribution in [2.45, 2.75) is 180 Å². The number of aliphatic hydroxyl groups is 1. The van der Waals surface area contributed by atoms with Gasteiger partial charge in [-0.2, -0.15) is 0 Å². The Morgan fingerprint density at radius 1 is 0.845 bits per heavy atom. The average Bonchev–Trinajstić information content (AvgIpc) is 3.81. The van der Waals surface area contributed by atoms with E-state index in [0.29, 0.717) is 43.4 Å². The minimum absolute atomic E-state index is 0.000281. The van der Waals surface area contributed by atoms with E-state index in [4.69, 9.17) is 24.7 Å². The van der Waals surface area contributed by atoms with Crippen LogP contribution in [-0.2, 0) is 49.6 Å². The molecule has 1 aliphatic heterocycles. The Morgan fingerprint density at radius 2 is 1.55 bits per heavy atom. The van der Waals surface area contributed by atoms with E-state index >= 15 is 0 Å². The van der Waals surface area contributed by atoms with Gasteiger partial charge in [0.05, 0.1) is 65.8 Å². The van der Waals surface area contributed by atoms with Crippen molar-refractivity contribution < 1.29 is 62.4 Å². The number of nitrogens with one attached hydrogen (secondary N) is 5. The first-order valence-corrected chi connectivity index (χ1v) is 30.5. The topological polar surface area (TPSA) is 290 Å². The monoisotopic (exact) mass is 1240 g/mol. The van der Waals surface area contributed by atoms with Crippen LogP contribution in [0.3, 0.4) is 0 Å². The Bertz CT molecular complexity index is 2520. The number of likely N-dealkylation sites (tertiary alicyclic amines) is 1. The number of halogens is 1. The molecule has 8 N–H and O–H groups in total. The van der Waals surface area contributed by atoms with Gasteiger partial charge in [0.2, 0.25) is 35.4 Å². The number of carbonyl (C=O) groups excluding carboxylic acids is 8. The van der Waals surface area contributed by atoms with Gasteiger partial charge < -0.3 is 66.2 Å². The zero-order valence-electron chi connectivity index (χ0n) is 51.2. The first-order chi connectivity index (χ1) is 39.9. The average molecular weight is 1240 g/mol. The Morgan fingerprint density at radius 3 is 2.18 bits per heavy atom. The van der Waals surface area contributed by atoms with Crippen LogP contribution in [-0.4, -0.2) is 169 Å².